The van der Waals surface area contributed by atoms with Crippen LogP contribution in [-0.2, 0) is 9.59 Å². The number of aryl methyl sites for hydroxylation is 2. The molecule has 2 amide bonds. The third-order valence-corrected chi connectivity index (χ3v) is 7.36. The second-order valence-corrected chi connectivity index (χ2v) is 11.3. The quantitative estimate of drug-likeness (QED) is 0.202. The van der Waals surface area contributed by atoms with Gasteiger partial charge >= 0.3 is 0 Å². The van der Waals surface area contributed by atoms with Crippen LogP contribution in [0, 0.1) is 13.8 Å². The number of benzene rings is 4. The van der Waals surface area contributed by atoms with E-state index in [1.165, 1.54) is 11.1 Å². The van der Waals surface area contributed by atoms with Crippen LogP contribution in [0.2, 0.25) is 0 Å². The van der Waals surface area contributed by atoms with E-state index in [9.17, 15) is 9.59 Å². The lowest BCUT2D eigenvalue weighted by molar-refractivity contribution is -0.112. The lowest BCUT2D eigenvalue weighted by Gasteiger charge is -2.12. The first-order chi connectivity index (χ1) is 20.1. The van der Waals surface area contributed by atoms with Crippen molar-refractivity contribution in [1.29, 1.82) is 0 Å². The van der Waals surface area contributed by atoms with Crippen molar-refractivity contribution in [3.05, 3.63) is 130 Å². The minimum Gasteiger partial charge on any atom is -0.322 e. The summed E-state index contributed by atoms with van der Waals surface area (Å²) in [5, 5.41) is 5.96. The van der Waals surface area contributed by atoms with E-state index >= 15 is 0 Å². The van der Waals surface area contributed by atoms with E-state index in [-0.39, 0.29) is 11.8 Å². The van der Waals surface area contributed by atoms with Crippen molar-refractivity contribution in [3.63, 3.8) is 0 Å². The number of carbonyl (C=O) groups excluding carboxylic acids is 2. The van der Waals surface area contributed by atoms with Gasteiger partial charge in [-0.15, -0.1) is 0 Å². The molecule has 42 heavy (non-hydrogen) atoms. The zero-order valence-corrected chi connectivity index (χ0v) is 25.4. The molecule has 0 aromatic heterocycles. The van der Waals surface area contributed by atoms with Crippen LogP contribution in [0.1, 0.15) is 72.9 Å². The highest BCUT2D eigenvalue weighted by atomic mass is 16.2. The van der Waals surface area contributed by atoms with Crippen molar-refractivity contribution < 1.29 is 9.59 Å². The maximum Gasteiger partial charge on any atom is 0.248 e. The summed E-state index contributed by atoms with van der Waals surface area (Å²) in [5.41, 5.74) is 10.1. The molecule has 0 atom stereocenters. The van der Waals surface area contributed by atoms with Crippen molar-refractivity contribution >= 4 is 35.3 Å². The zero-order chi connectivity index (χ0) is 30.2. The molecule has 0 spiro atoms. The third kappa shape index (κ3) is 8.17. The Labute approximate surface area is 250 Å². The van der Waals surface area contributed by atoms with Gasteiger partial charge in [0, 0.05) is 23.5 Å². The van der Waals surface area contributed by atoms with Crippen molar-refractivity contribution in [2.24, 2.45) is 0 Å². The Morgan fingerprint density at radius 1 is 0.548 bits per heavy atom. The third-order valence-electron chi connectivity index (χ3n) is 7.36. The molecule has 4 heteroatoms. The zero-order valence-electron chi connectivity index (χ0n) is 25.4. The summed E-state index contributed by atoms with van der Waals surface area (Å²) >= 11 is 0. The Balaban J connectivity index is 1.36. The van der Waals surface area contributed by atoms with Gasteiger partial charge in [0.05, 0.1) is 0 Å². The van der Waals surface area contributed by atoms with Crippen LogP contribution in [0.3, 0.4) is 0 Å². The van der Waals surface area contributed by atoms with Crippen molar-refractivity contribution in [2.45, 2.75) is 53.4 Å². The second-order valence-electron chi connectivity index (χ2n) is 11.3. The highest BCUT2D eigenvalue weighted by Crippen LogP contribution is 2.28. The van der Waals surface area contributed by atoms with Crippen LogP contribution in [0.25, 0.3) is 23.3 Å². The van der Waals surface area contributed by atoms with Gasteiger partial charge in [-0.2, -0.15) is 0 Å². The van der Waals surface area contributed by atoms with E-state index in [0.29, 0.717) is 11.8 Å². The number of nitrogens with one attached hydrogen (secondary N) is 2. The summed E-state index contributed by atoms with van der Waals surface area (Å²) in [6, 6.07) is 28.5. The summed E-state index contributed by atoms with van der Waals surface area (Å²) in [7, 11) is 0. The van der Waals surface area contributed by atoms with Gasteiger partial charge in [0.25, 0.3) is 0 Å². The van der Waals surface area contributed by atoms with Crippen molar-refractivity contribution in [1.82, 2.24) is 0 Å². The molecule has 0 unspecified atom stereocenters. The monoisotopic (exact) mass is 556 g/mol. The highest BCUT2D eigenvalue weighted by molar-refractivity contribution is 6.03. The molecule has 4 aromatic rings. The van der Waals surface area contributed by atoms with Gasteiger partial charge in [-0.05, 0) is 107 Å². The molecule has 0 saturated heterocycles. The molecule has 0 aliphatic carbocycles. The minimum atomic E-state index is -0.170. The lowest BCUT2D eigenvalue weighted by atomic mass is 10.00. The standard InChI is InChI=1S/C38H40N2O2/c1-25(2)31-13-7-29(8-14-31)11-21-37(41)39-35-19-17-33(23-27(35)5)34-18-20-36(28(6)24-34)40-38(42)22-12-30-9-15-32(16-10-30)26(3)4/h7-26H,1-6H3,(H,39,41)(H,40,42)/b21-11+,22-12+. The lowest BCUT2D eigenvalue weighted by Crippen LogP contribution is -2.09. The Bertz CT molecular complexity index is 1490. The fourth-order valence-electron chi connectivity index (χ4n) is 4.64. The number of rotatable bonds is 9. The smallest absolute Gasteiger partial charge is 0.248 e. The van der Waals surface area contributed by atoms with Crippen LogP contribution in [0.15, 0.2) is 97.1 Å². The van der Waals surface area contributed by atoms with Gasteiger partial charge in [0.1, 0.15) is 0 Å². The largest absolute Gasteiger partial charge is 0.322 e. The summed E-state index contributed by atoms with van der Waals surface area (Å²) in [4.78, 5) is 25.1. The second kappa shape index (κ2) is 13.8. The summed E-state index contributed by atoms with van der Waals surface area (Å²) < 4.78 is 0. The first kappa shape index (κ1) is 30.3. The first-order valence-electron chi connectivity index (χ1n) is 14.5. The number of anilines is 2. The molecule has 0 heterocycles. The number of amides is 2. The summed E-state index contributed by atoms with van der Waals surface area (Å²) in [6.45, 7) is 12.6. The average Bonchev–Trinajstić information content (AvgIpc) is 2.97. The predicted octanol–water partition coefficient (Wildman–Crippen LogP) is 9.52. The average molecular weight is 557 g/mol. The Morgan fingerprint density at radius 2 is 0.905 bits per heavy atom. The van der Waals surface area contributed by atoms with Gasteiger partial charge in [-0.3, -0.25) is 9.59 Å². The van der Waals surface area contributed by atoms with Crippen LogP contribution in [0.5, 0.6) is 0 Å². The fourth-order valence-corrected chi connectivity index (χ4v) is 4.64. The molecule has 4 rings (SSSR count). The molecule has 2 N–H and O–H groups in total. The number of hydrogen-bond donors (Lipinski definition) is 2. The Morgan fingerprint density at radius 3 is 1.21 bits per heavy atom. The van der Waals surface area contributed by atoms with E-state index in [1.807, 2.05) is 74.5 Å². The molecular formula is C38H40N2O2. The van der Waals surface area contributed by atoms with E-state index in [0.717, 1.165) is 44.8 Å². The molecule has 4 nitrogen and oxygen atoms in total. The highest BCUT2D eigenvalue weighted by Gasteiger charge is 2.08. The molecule has 4 aromatic carbocycles. The summed E-state index contributed by atoms with van der Waals surface area (Å²) in [6.07, 6.45) is 6.77. The Hall–Kier alpha value is -4.70. The first-order valence-corrected chi connectivity index (χ1v) is 14.5. The van der Waals surface area contributed by atoms with E-state index in [4.69, 9.17) is 0 Å². The maximum atomic E-state index is 12.6. The molecule has 0 aliphatic heterocycles. The topological polar surface area (TPSA) is 58.2 Å². The normalized spacial score (nSPS) is 11.5. The molecule has 0 fully saturated rings. The van der Waals surface area contributed by atoms with Crippen LogP contribution < -0.4 is 10.6 Å². The van der Waals surface area contributed by atoms with Crippen molar-refractivity contribution in [2.75, 3.05) is 10.6 Å². The van der Waals surface area contributed by atoms with E-state index in [1.54, 1.807) is 12.2 Å². The molecule has 0 saturated carbocycles. The molecule has 0 bridgehead atoms. The maximum absolute atomic E-state index is 12.6. The Kier molecular flexibility index (Phi) is 9.93. The summed E-state index contributed by atoms with van der Waals surface area (Å²) in [5.74, 6) is 0.616. The van der Waals surface area contributed by atoms with E-state index in [2.05, 4.69) is 74.7 Å². The van der Waals surface area contributed by atoms with Gasteiger partial charge in [0.15, 0.2) is 0 Å². The van der Waals surface area contributed by atoms with Gasteiger partial charge in [-0.25, -0.2) is 0 Å². The van der Waals surface area contributed by atoms with Crippen LogP contribution in [-0.4, -0.2) is 11.8 Å². The molecule has 214 valence electrons. The number of hydrogen-bond acceptors (Lipinski definition) is 2. The minimum absolute atomic E-state index is 0.170. The SMILES string of the molecule is Cc1cc(-c2ccc(NC(=O)/C=C/c3ccc(C(C)C)cc3)c(C)c2)ccc1NC(=O)/C=C/c1ccc(C(C)C)cc1. The van der Waals surface area contributed by atoms with Gasteiger partial charge in [-0.1, -0.05) is 88.4 Å². The van der Waals surface area contributed by atoms with Gasteiger partial charge < -0.3 is 10.6 Å². The van der Waals surface area contributed by atoms with E-state index < -0.39 is 0 Å². The fraction of sp³-hybridized carbons (Fsp3) is 0.211. The van der Waals surface area contributed by atoms with Crippen LogP contribution in [0.4, 0.5) is 11.4 Å². The molecule has 0 radical (unpaired) electrons. The predicted molar refractivity (Wildman–Crippen MR) is 178 cm³/mol. The molecule has 0 aliphatic rings. The molecular weight excluding hydrogens is 516 g/mol. The van der Waals surface area contributed by atoms with Crippen molar-refractivity contribution in [3.8, 4) is 11.1 Å². The van der Waals surface area contributed by atoms with Gasteiger partial charge in [0.2, 0.25) is 11.8 Å². The van der Waals surface area contributed by atoms with Crippen LogP contribution >= 0.6 is 0 Å². The number of carbonyl (C=O) groups is 2.